The number of likely N-dealkylation sites (N-methyl/N-ethyl adjacent to an activating group) is 1. The Balaban J connectivity index is 0.00000127. The summed E-state index contributed by atoms with van der Waals surface area (Å²) >= 11 is 0. The van der Waals surface area contributed by atoms with E-state index in [9.17, 15) is 0 Å². The van der Waals surface area contributed by atoms with Gasteiger partial charge in [0, 0.05) is 24.9 Å². The maximum Gasteiger partial charge on any atom is 0.265 e. The lowest BCUT2D eigenvalue weighted by atomic mass is 10.1. The highest BCUT2D eigenvalue weighted by atomic mass is 15.1. The highest BCUT2D eigenvalue weighted by Crippen LogP contribution is 2.32. The normalized spacial score (nSPS) is 15.9. The molecule has 0 saturated carbocycles. The number of nitriles is 1. The van der Waals surface area contributed by atoms with Gasteiger partial charge >= 0.3 is 0 Å². The van der Waals surface area contributed by atoms with Crippen LogP contribution in [0, 0.1) is 17.9 Å². The van der Waals surface area contributed by atoms with Crippen LogP contribution in [-0.2, 0) is 6.42 Å². The maximum atomic E-state index is 8.91. The molecule has 0 spiro atoms. The van der Waals surface area contributed by atoms with E-state index < -0.39 is 0 Å². The molecule has 1 aliphatic heterocycles. The Morgan fingerprint density at radius 3 is 2.52 bits per heavy atom. The standard InChI is InChI=1S/C18H17N3.C2H6/c1-13(14(2)17(12-19)20-3)9-10-16-11-15-7-5-6-8-18(15)21(16)4;1-2/h5-10H,11H2,1-2,4H3;1-2H3/b13-9+,16-10?,17-14+;. The number of fused-ring (bicyclic) bond motifs is 1. The minimum Gasteiger partial charge on any atom is -0.348 e. The second-order valence-corrected chi connectivity index (χ2v) is 5.07. The molecule has 1 heterocycles. The van der Waals surface area contributed by atoms with Crippen molar-refractivity contribution in [2.45, 2.75) is 34.1 Å². The summed E-state index contributed by atoms with van der Waals surface area (Å²) in [5, 5.41) is 8.91. The van der Waals surface area contributed by atoms with E-state index in [0.717, 1.165) is 17.6 Å². The van der Waals surface area contributed by atoms with Crippen LogP contribution in [-0.4, -0.2) is 7.05 Å². The molecule has 1 aromatic rings. The van der Waals surface area contributed by atoms with Gasteiger partial charge in [-0.2, -0.15) is 0 Å². The number of nitrogens with zero attached hydrogens (tertiary/aromatic N) is 3. The van der Waals surface area contributed by atoms with Crippen LogP contribution in [0.15, 0.2) is 59.0 Å². The average Bonchev–Trinajstić information content (AvgIpc) is 2.92. The predicted octanol–water partition coefficient (Wildman–Crippen LogP) is 5.25. The first-order valence-corrected chi connectivity index (χ1v) is 7.76. The highest BCUT2D eigenvalue weighted by Gasteiger charge is 2.19. The Labute approximate surface area is 139 Å². The Kier molecular flexibility index (Phi) is 6.84. The first-order valence-electron chi connectivity index (χ1n) is 7.76. The summed E-state index contributed by atoms with van der Waals surface area (Å²) in [5.74, 6) is 0. The van der Waals surface area contributed by atoms with Crippen LogP contribution < -0.4 is 4.90 Å². The van der Waals surface area contributed by atoms with Crippen molar-refractivity contribution in [2.24, 2.45) is 0 Å². The van der Waals surface area contributed by atoms with Gasteiger partial charge in [0.25, 0.3) is 5.70 Å². The van der Waals surface area contributed by atoms with Crippen LogP contribution >= 0.6 is 0 Å². The fourth-order valence-corrected chi connectivity index (χ4v) is 2.35. The molecule has 1 aliphatic rings. The second kappa shape index (κ2) is 8.61. The average molecular weight is 305 g/mol. The summed E-state index contributed by atoms with van der Waals surface area (Å²) in [6.45, 7) is 14.7. The number of rotatable bonds is 2. The number of allylic oxidation sites excluding steroid dienone is 6. The fourth-order valence-electron chi connectivity index (χ4n) is 2.35. The summed E-state index contributed by atoms with van der Waals surface area (Å²) in [4.78, 5) is 5.43. The molecule has 0 fully saturated rings. The Morgan fingerprint density at radius 1 is 1.30 bits per heavy atom. The molecule has 23 heavy (non-hydrogen) atoms. The Hall–Kier alpha value is -2.78. The first-order chi connectivity index (χ1) is 11.1. The van der Waals surface area contributed by atoms with Gasteiger partial charge in [-0.05, 0) is 37.1 Å². The zero-order chi connectivity index (χ0) is 17.4. The molecule has 118 valence electrons. The van der Waals surface area contributed by atoms with Gasteiger partial charge in [-0.15, -0.1) is 0 Å². The minimum absolute atomic E-state index is 0.158. The Bertz CT molecular complexity index is 721. The van der Waals surface area contributed by atoms with Crippen LogP contribution in [0.4, 0.5) is 5.69 Å². The monoisotopic (exact) mass is 305 g/mol. The molecule has 3 heteroatoms. The number of benzene rings is 1. The molecule has 0 saturated heterocycles. The van der Waals surface area contributed by atoms with E-state index in [1.807, 2.05) is 45.9 Å². The molecular formula is C20H23N3. The van der Waals surface area contributed by atoms with E-state index in [1.165, 1.54) is 16.9 Å². The molecule has 0 atom stereocenters. The van der Waals surface area contributed by atoms with E-state index in [2.05, 4.69) is 41.1 Å². The van der Waals surface area contributed by atoms with E-state index in [0.29, 0.717) is 0 Å². The molecule has 0 aliphatic carbocycles. The Morgan fingerprint density at radius 2 is 1.96 bits per heavy atom. The van der Waals surface area contributed by atoms with E-state index in [4.69, 9.17) is 11.8 Å². The smallest absolute Gasteiger partial charge is 0.265 e. The van der Waals surface area contributed by atoms with E-state index >= 15 is 0 Å². The van der Waals surface area contributed by atoms with Gasteiger partial charge in [0.2, 0.25) is 0 Å². The molecule has 0 aromatic heterocycles. The second-order valence-electron chi connectivity index (χ2n) is 5.07. The number of anilines is 1. The van der Waals surface area contributed by atoms with Crippen molar-refractivity contribution in [3.05, 3.63) is 75.9 Å². The maximum absolute atomic E-state index is 8.91. The van der Waals surface area contributed by atoms with Crippen molar-refractivity contribution in [1.82, 2.24) is 0 Å². The molecule has 1 aromatic carbocycles. The van der Waals surface area contributed by atoms with Crippen molar-refractivity contribution in [3.63, 3.8) is 0 Å². The summed E-state index contributed by atoms with van der Waals surface area (Å²) in [7, 11) is 2.06. The molecule has 3 nitrogen and oxygen atoms in total. The number of hydrogen-bond donors (Lipinski definition) is 0. The van der Waals surface area contributed by atoms with Gasteiger partial charge in [0.05, 0.1) is 12.6 Å². The largest absolute Gasteiger partial charge is 0.348 e. The minimum atomic E-state index is 0.158. The SMILES string of the molecule is CC.[C-]#[N+]/C(C#N)=C(C)/C(C)=C/C=C1Cc2ccccc2N1C. The van der Waals surface area contributed by atoms with Gasteiger partial charge in [0.15, 0.2) is 0 Å². The lowest BCUT2D eigenvalue weighted by Crippen LogP contribution is -2.10. The van der Waals surface area contributed by atoms with Crippen molar-refractivity contribution in [2.75, 3.05) is 11.9 Å². The van der Waals surface area contributed by atoms with Crippen molar-refractivity contribution < 1.29 is 0 Å². The molecule has 0 amide bonds. The molecule has 0 unspecified atom stereocenters. The van der Waals surface area contributed by atoms with Crippen molar-refractivity contribution in [3.8, 4) is 6.07 Å². The number of hydrogen-bond acceptors (Lipinski definition) is 2. The highest BCUT2D eigenvalue weighted by molar-refractivity contribution is 5.64. The van der Waals surface area contributed by atoms with Gasteiger partial charge in [-0.3, -0.25) is 0 Å². The third kappa shape index (κ3) is 4.11. The van der Waals surface area contributed by atoms with E-state index in [-0.39, 0.29) is 5.70 Å². The molecule has 2 rings (SSSR count). The lowest BCUT2D eigenvalue weighted by molar-refractivity contribution is 1.10. The quantitative estimate of drug-likeness (QED) is 0.424. The third-order valence-electron chi connectivity index (χ3n) is 3.85. The fraction of sp³-hybridized carbons (Fsp3) is 0.300. The van der Waals surface area contributed by atoms with Crippen LogP contribution in [0.1, 0.15) is 33.3 Å². The molecule has 0 bridgehead atoms. The van der Waals surface area contributed by atoms with Gasteiger partial charge in [-0.1, -0.05) is 43.7 Å². The van der Waals surface area contributed by atoms with Crippen molar-refractivity contribution in [1.29, 1.82) is 5.26 Å². The predicted molar refractivity (Wildman–Crippen MR) is 96.7 cm³/mol. The molecule has 0 radical (unpaired) electrons. The summed E-state index contributed by atoms with van der Waals surface area (Å²) < 4.78 is 0. The third-order valence-corrected chi connectivity index (χ3v) is 3.85. The zero-order valence-electron chi connectivity index (χ0n) is 14.5. The number of para-hydroxylation sites is 1. The molecular weight excluding hydrogens is 282 g/mol. The molecule has 0 N–H and O–H groups in total. The van der Waals surface area contributed by atoms with Crippen LogP contribution in [0.2, 0.25) is 0 Å². The first kappa shape index (κ1) is 18.3. The summed E-state index contributed by atoms with van der Waals surface area (Å²) in [6.07, 6.45) is 4.96. The van der Waals surface area contributed by atoms with Crippen LogP contribution in [0.5, 0.6) is 0 Å². The van der Waals surface area contributed by atoms with Gasteiger partial charge in [0.1, 0.15) is 0 Å². The van der Waals surface area contributed by atoms with E-state index in [1.54, 1.807) is 0 Å². The van der Waals surface area contributed by atoms with Gasteiger partial charge < -0.3 is 4.90 Å². The van der Waals surface area contributed by atoms with Crippen LogP contribution in [0.25, 0.3) is 4.85 Å². The topological polar surface area (TPSA) is 31.4 Å². The summed E-state index contributed by atoms with van der Waals surface area (Å²) in [5.41, 5.74) is 5.61. The lowest BCUT2D eigenvalue weighted by Gasteiger charge is -2.14. The van der Waals surface area contributed by atoms with Gasteiger partial charge in [-0.25, -0.2) is 10.1 Å². The summed E-state index contributed by atoms with van der Waals surface area (Å²) in [6, 6.07) is 10.3. The zero-order valence-corrected chi connectivity index (χ0v) is 14.5. The van der Waals surface area contributed by atoms with Crippen molar-refractivity contribution >= 4 is 5.69 Å². The van der Waals surface area contributed by atoms with Crippen LogP contribution in [0.3, 0.4) is 0 Å².